The SMILES string of the molecule is O=C(COC(=O)c1ccccc1)Nc1ccc([N+](=O)[O-])cc1C(F)(F)F. The molecule has 2 rings (SSSR count). The summed E-state index contributed by atoms with van der Waals surface area (Å²) in [6.07, 6.45) is -4.92. The van der Waals surface area contributed by atoms with E-state index in [9.17, 15) is 32.9 Å². The van der Waals surface area contributed by atoms with Crippen molar-refractivity contribution in [1.29, 1.82) is 0 Å². The standard InChI is InChI=1S/C16H11F3N2O5/c17-16(18,19)12-8-11(21(24)25)6-7-13(12)20-14(22)9-26-15(23)10-4-2-1-3-5-10/h1-8H,9H2,(H,20,22). The molecular formula is C16H11F3N2O5. The lowest BCUT2D eigenvalue weighted by Gasteiger charge is -2.13. The summed E-state index contributed by atoms with van der Waals surface area (Å²) in [5, 5.41) is 12.6. The van der Waals surface area contributed by atoms with E-state index in [2.05, 4.69) is 0 Å². The third kappa shape index (κ3) is 4.79. The molecule has 10 heteroatoms. The summed E-state index contributed by atoms with van der Waals surface area (Å²) in [6.45, 7) is -0.817. The second-order valence-corrected chi connectivity index (χ2v) is 4.98. The molecule has 0 aliphatic rings. The number of benzene rings is 2. The van der Waals surface area contributed by atoms with Gasteiger partial charge in [0.25, 0.3) is 11.6 Å². The van der Waals surface area contributed by atoms with E-state index in [-0.39, 0.29) is 5.56 Å². The normalized spacial score (nSPS) is 10.9. The minimum atomic E-state index is -4.92. The van der Waals surface area contributed by atoms with Crippen LogP contribution in [0.5, 0.6) is 0 Å². The van der Waals surface area contributed by atoms with Gasteiger partial charge in [0.2, 0.25) is 0 Å². The summed E-state index contributed by atoms with van der Waals surface area (Å²) >= 11 is 0. The van der Waals surface area contributed by atoms with Crippen molar-refractivity contribution in [2.75, 3.05) is 11.9 Å². The molecule has 0 fully saturated rings. The Hall–Kier alpha value is -3.43. The predicted molar refractivity (Wildman–Crippen MR) is 83.5 cm³/mol. The van der Waals surface area contributed by atoms with Gasteiger partial charge in [0, 0.05) is 12.1 Å². The average molecular weight is 368 g/mol. The van der Waals surface area contributed by atoms with Gasteiger partial charge in [-0.2, -0.15) is 13.2 Å². The van der Waals surface area contributed by atoms with Crippen molar-refractivity contribution in [1.82, 2.24) is 0 Å². The highest BCUT2D eigenvalue weighted by Gasteiger charge is 2.35. The molecular weight excluding hydrogens is 357 g/mol. The number of rotatable bonds is 5. The zero-order chi connectivity index (χ0) is 19.3. The van der Waals surface area contributed by atoms with Crippen molar-refractivity contribution in [2.45, 2.75) is 6.18 Å². The van der Waals surface area contributed by atoms with Gasteiger partial charge in [-0.15, -0.1) is 0 Å². The number of carbonyl (C=O) groups is 2. The first-order valence-electron chi connectivity index (χ1n) is 7.06. The van der Waals surface area contributed by atoms with Crippen LogP contribution in [-0.2, 0) is 15.7 Å². The van der Waals surface area contributed by atoms with Crippen molar-refractivity contribution in [3.63, 3.8) is 0 Å². The Morgan fingerprint density at radius 1 is 1.12 bits per heavy atom. The van der Waals surface area contributed by atoms with Crippen LogP contribution in [0, 0.1) is 10.1 Å². The van der Waals surface area contributed by atoms with Crippen LogP contribution in [0.4, 0.5) is 24.5 Å². The predicted octanol–water partition coefficient (Wildman–Crippen LogP) is 3.41. The topological polar surface area (TPSA) is 98.5 Å². The number of ether oxygens (including phenoxy) is 1. The van der Waals surface area contributed by atoms with E-state index in [0.717, 1.165) is 12.1 Å². The maximum atomic E-state index is 13.0. The number of carbonyl (C=O) groups excluding carboxylic acids is 2. The Bertz CT molecular complexity index is 838. The lowest BCUT2D eigenvalue weighted by Crippen LogP contribution is -2.22. The summed E-state index contributed by atoms with van der Waals surface area (Å²) in [5.41, 5.74) is -2.66. The van der Waals surface area contributed by atoms with Gasteiger partial charge in [-0.1, -0.05) is 18.2 Å². The van der Waals surface area contributed by atoms with Crippen LogP contribution in [0.1, 0.15) is 15.9 Å². The summed E-state index contributed by atoms with van der Waals surface area (Å²) in [4.78, 5) is 33.1. The number of anilines is 1. The van der Waals surface area contributed by atoms with E-state index in [1.165, 1.54) is 12.1 Å². The van der Waals surface area contributed by atoms with Gasteiger partial charge < -0.3 is 10.1 Å². The molecule has 0 saturated heterocycles. The number of hydrogen-bond acceptors (Lipinski definition) is 5. The first-order valence-corrected chi connectivity index (χ1v) is 7.06. The number of nitrogens with one attached hydrogen (secondary N) is 1. The number of nitro groups is 1. The lowest BCUT2D eigenvalue weighted by molar-refractivity contribution is -0.385. The number of nitro benzene ring substituents is 1. The zero-order valence-corrected chi connectivity index (χ0v) is 12.9. The lowest BCUT2D eigenvalue weighted by atomic mass is 10.1. The van der Waals surface area contributed by atoms with Crippen LogP contribution in [0.2, 0.25) is 0 Å². The Morgan fingerprint density at radius 3 is 2.35 bits per heavy atom. The number of non-ortho nitro benzene ring substituents is 1. The van der Waals surface area contributed by atoms with E-state index in [4.69, 9.17) is 4.74 Å². The molecule has 0 atom stereocenters. The summed E-state index contributed by atoms with van der Waals surface area (Å²) in [7, 11) is 0. The fourth-order valence-corrected chi connectivity index (χ4v) is 1.96. The van der Waals surface area contributed by atoms with Crippen LogP contribution in [0.15, 0.2) is 48.5 Å². The molecule has 0 aliphatic heterocycles. The van der Waals surface area contributed by atoms with E-state index in [0.29, 0.717) is 6.07 Å². The number of hydrogen-bond donors (Lipinski definition) is 1. The van der Waals surface area contributed by atoms with E-state index in [1.54, 1.807) is 18.2 Å². The van der Waals surface area contributed by atoms with Crippen molar-refractivity contribution >= 4 is 23.3 Å². The third-order valence-electron chi connectivity index (χ3n) is 3.14. The molecule has 1 N–H and O–H groups in total. The molecule has 0 heterocycles. The van der Waals surface area contributed by atoms with Crippen molar-refractivity contribution in [2.24, 2.45) is 0 Å². The van der Waals surface area contributed by atoms with Gasteiger partial charge in [-0.3, -0.25) is 14.9 Å². The molecule has 0 bridgehead atoms. The van der Waals surface area contributed by atoms with Crippen LogP contribution in [0.3, 0.4) is 0 Å². The minimum absolute atomic E-state index is 0.173. The Labute approximate surface area is 144 Å². The number of halogens is 3. The summed E-state index contributed by atoms with van der Waals surface area (Å²) < 4.78 is 43.8. The second kappa shape index (κ2) is 7.64. The molecule has 7 nitrogen and oxygen atoms in total. The fourth-order valence-electron chi connectivity index (χ4n) is 1.96. The van der Waals surface area contributed by atoms with Crippen LogP contribution in [-0.4, -0.2) is 23.4 Å². The monoisotopic (exact) mass is 368 g/mol. The van der Waals surface area contributed by atoms with Crippen molar-refractivity contribution in [3.8, 4) is 0 Å². The van der Waals surface area contributed by atoms with Crippen molar-refractivity contribution < 1.29 is 32.4 Å². The van der Waals surface area contributed by atoms with Gasteiger partial charge >= 0.3 is 12.1 Å². The van der Waals surface area contributed by atoms with E-state index in [1.807, 2.05) is 5.32 Å². The van der Waals surface area contributed by atoms with Crippen LogP contribution < -0.4 is 5.32 Å². The van der Waals surface area contributed by atoms with Gasteiger partial charge in [0.1, 0.15) is 0 Å². The largest absolute Gasteiger partial charge is 0.452 e. The van der Waals surface area contributed by atoms with Crippen LogP contribution >= 0.6 is 0 Å². The van der Waals surface area contributed by atoms with E-state index < -0.39 is 46.5 Å². The fraction of sp³-hybridized carbons (Fsp3) is 0.125. The number of amides is 1. The highest BCUT2D eigenvalue weighted by molar-refractivity contribution is 5.96. The average Bonchev–Trinajstić information content (AvgIpc) is 2.59. The molecule has 136 valence electrons. The molecule has 0 radical (unpaired) electrons. The molecule has 26 heavy (non-hydrogen) atoms. The minimum Gasteiger partial charge on any atom is -0.452 e. The Balaban J connectivity index is 2.09. The van der Waals surface area contributed by atoms with Crippen molar-refractivity contribution in [3.05, 3.63) is 69.8 Å². The molecule has 2 aromatic carbocycles. The molecule has 0 aromatic heterocycles. The zero-order valence-electron chi connectivity index (χ0n) is 12.9. The molecule has 0 spiro atoms. The highest BCUT2D eigenvalue weighted by atomic mass is 19.4. The first kappa shape index (κ1) is 18.9. The Kier molecular flexibility index (Phi) is 5.55. The first-order chi connectivity index (χ1) is 12.2. The molecule has 0 unspecified atom stereocenters. The molecule has 2 aromatic rings. The molecule has 0 saturated carbocycles. The Morgan fingerprint density at radius 2 is 1.77 bits per heavy atom. The number of alkyl halides is 3. The highest BCUT2D eigenvalue weighted by Crippen LogP contribution is 2.37. The maximum absolute atomic E-state index is 13.0. The van der Waals surface area contributed by atoms with E-state index >= 15 is 0 Å². The smallest absolute Gasteiger partial charge is 0.418 e. The summed E-state index contributed by atoms with van der Waals surface area (Å²) in [5.74, 6) is -1.84. The molecule has 1 amide bonds. The van der Waals surface area contributed by atoms with Gasteiger partial charge in [0.15, 0.2) is 6.61 Å². The van der Waals surface area contributed by atoms with Crippen LogP contribution in [0.25, 0.3) is 0 Å². The third-order valence-corrected chi connectivity index (χ3v) is 3.14. The summed E-state index contributed by atoms with van der Waals surface area (Å²) in [6, 6.07) is 9.59. The number of esters is 1. The maximum Gasteiger partial charge on any atom is 0.418 e. The quantitative estimate of drug-likeness (QED) is 0.495. The van der Waals surface area contributed by atoms with Gasteiger partial charge in [0.05, 0.1) is 21.7 Å². The second-order valence-electron chi connectivity index (χ2n) is 4.98. The van der Waals surface area contributed by atoms with Gasteiger partial charge in [-0.05, 0) is 18.2 Å². The number of nitrogens with zero attached hydrogens (tertiary/aromatic N) is 1. The molecule has 0 aliphatic carbocycles. The van der Waals surface area contributed by atoms with Gasteiger partial charge in [-0.25, -0.2) is 4.79 Å².